The molecule has 2 aliphatic heterocycles. The first-order valence-electron chi connectivity index (χ1n) is 11.6. The summed E-state index contributed by atoms with van der Waals surface area (Å²) in [6.07, 6.45) is 2.76. The van der Waals surface area contributed by atoms with E-state index in [0.717, 1.165) is 16.7 Å². The topological polar surface area (TPSA) is 127 Å². The number of hydrogen-bond donors (Lipinski definition) is 3. The van der Waals surface area contributed by atoms with Crippen molar-refractivity contribution in [2.75, 3.05) is 16.0 Å². The molecule has 0 radical (unpaired) electrons. The number of para-hydroxylation sites is 1. The zero-order valence-corrected chi connectivity index (χ0v) is 19.0. The van der Waals surface area contributed by atoms with E-state index in [2.05, 4.69) is 20.9 Å². The van der Waals surface area contributed by atoms with E-state index in [1.54, 1.807) is 24.4 Å². The highest BCUT2D eigenvalue weighted by Gasteiger charge is 2.51. The van der Waals surface area contributed by atoms with Gasteiger partial charge >= 0.3 is 5.69 Å². The smallest absolute Gasteiger partial charge is 0.325 e. The fourth-order valence-corrected chi connectivity index (χ4v) is 5.80. The third-order valence-corrected chi connectivity index (χ3v) is 7.38. The van der Waals surface area contributed by atoms with Gasteiger partial charge in [0.15, 0.2) is 0 Å². The fraction of sp³-hybridized carbons (Fsp3) is 0.192. The van der Waals surface area contributed by atoms with Crippen LogP contribution in [0.4, 0.5) is 17.2 Å². The Morgan fingerprint density at radius 1 is 1.03 bits per heavy atom. The van der Waals surface area contributed by atoms with Crippen molar-refractivity contribution in [1.29, 1.82) is 0 Å². The van der Waals surface area contributed by atoms with Gasteiger partial charge in [-0.05, 0) is 54.3 Å². The number of amides is 3. The van der Waals surface area contributed by atoms with Crippen LogP contribution >= 0.6 is 0 Å². The average molecular weight is 480 g/mol. The number of carbonyl (C=O) groups excluding carboxylic acids is 3. The van der Waals surface area contributed by atoms with E-state index in [4.69, 9.17) is 0 Å². The minimum absolute atomic E-state index is 0.0570. The first-order valence-corrected chi connectivity index (χ1v) is 11.6. The number of pyridine rings is 1. The number of fused-ring (bicyclic) bond motifs is 3. The van der Waals surface area contributed by atoms with Crippen LogP contribution in [0.25, 0.3) is 11.0 Å². The van der Waals surface area contributed by atoms with Crippen LogP contribution < -0.4 is 21.6 Å². The predicted molar refractivity (Wildman–Crippen MR) is 132 cm³/mol. The van der Waals surface area contributed by atoms with E-state index in [-0.39, 0.29) is 30.8 Å². The van der Waals surface area contributed by atoms with Crippen LogP contribution in [0.2, 0.25) is 0 Å². The van der Waals surface area contributed by atoms with Crippen LogP contribution in [0.5, 0.6) is 0 Å². The molecule has 0 bridgehead atoms. The van der Waals surface area contributed by atoms with Crippen molar-refractivity contribution in [1.82, 2.24) is 14.1 Å². The molecule has 0 fully saturated rings. The van der Waals surface area contributed by atoms with Gasteiger partial charge in [-0.25, -0.2) is 9.78 Å². The number of nitrogens with zero attached hydrogens (tertiary/aromatic N) is 3. The quantitative estimate of drug-likeness (QED) is 0.412. The summed E-state index contributed by atoms with van der Waals surface area (Å²) in [4.78, 5) is 55.2. The van der Waals surface area contributed by atoms with Gasteiger partial charge in [-0.2, -0.15) is 0 Å². The molecule has 7 rings (SSSR count). The molecule has 0 saturated carbocycles. The van der Waals surface area contributed by atoms with Gasteiger partial charge in [-0.1, -0.05) is 18.2 Å². The molecule has 4 heterocycles. The highest BCUT2D eigenvalue weighted by Crippen LogP contribution is 2.46. The molecule has 1 unspecified atom stereocenters. The molecule has 4 aromatic rings. The Morgan fingerprint density at radius 3 is 2.78 bits per heavy atom. The van der Waals surface area contributed by atoms with Gasteiger partial charge in [0.1, 0.15) is 18.9 Å². The third-order valence-electron chi connectivity index (χ3n) is 7.38. The van der Waals surface area contributed by atoms with Gasteiger partial charge in [0, 0.05) is 17.4 Å². The lowest BCUT2D eigenvalue weighted by atomic mass is 9.79. The maximum Gasteiger partial charge on any atom is 0.330 e. The first kappa shape index (κ1) is 20.6. The Balaban J connectivity index is 1.15. The van der Waals surface area contributed by atoms with E-state index in [9.17, 15) is 19.2 Å². The van der Waals surface area contributed by atoms with Crippen LogP contribution in [0, 0.1) is 0 Å². The number of benzene rings is 2. The second-order valence-electron chi connectivity index (χ2n) is 9.50. The zero-order valence-electron chi connectivity index (χ0n) is 19.0. The van der Waals surface area contributed by atoms with Crippen molar-refractivity contribution in [2.45, 2.75) is 31.3 Å². The normalized spacial score (nSPS) is 19.2. The lowest BCUT2D eigenvalue weighted by molar-refractivity contribution is -0.120. The number of aromatic nitrogens is 3. The largest absolute Gasteiger partial charge is 0.330 e. The molecule has 0 saturated heterocycles. The second-order valence-corrected chi connectivity index (χ2v) is 9.50. The van der Waals surface area contributed by atoms with Gasteiger partial charge in [0.05, 0.1) is 22.1 Å². The van der Waals surface area contributed by atoms with Gasteiger partial charge in [0.25, 0.3) is 0 Å². The lowest BCUT2D eigenvalue weighted by Crippen LogP contribution is -2.35. The zero-order chi connectivity index (χ0) is 24.6. The average Bonchev–Trinajstić information content (AvgIpc) is 3.46. The van der Waals surface area contributed by atoms with Gasteiger partial charge in [0.2, 0.25) is 17.7 Å². The molecule has 1 atom stereocenters. The maximum absolute atomic E-state index is 13.0. The summed E-state index contributed by atoms with van der Waals surface area (Å²) in [5, 5.41) is 8.55. The summed E-state index contributed by atoms with van der Waals surface area (Å²) >= 11 is 0. The van der Waals surface area contributed by atoms with Crippen molar-refractivity contribution in [2.24, 2.45) is 0 Å². The number of rotatable bonds is 3. The van der Waals surface area contributed by atoms with Crippen molar-refractivity contribution >= 4 is 45.9 Å². The molecule has 1 aliphatic carbocycles. The van der Waals surface area contributed by atoms with E-state index in [1.807, 2.05) is 30.3 Å². The van der Waals surface area contributed by atoms with E-state index in [0.29, 0.717) is 41.1 Å². The SMILES string of the molecule is O=C(Cn1c(=O)n2c3c(cccc31)NC(=O)C2)Nc1ccc2c(c1)CC1(C2)C(=O)Nc2ncccc21. The fourth-order valence-electron chi connectivity index (χ4n) is 5.80. The molecule has 3 N–H and O–H groups in total. The Bertz CT molecular complexity index is 1720. The monoisotopic (exact) mass is 480 g/mol. The van der Waals surface area contributed by atoms with E-state index < -0.39 is 11.1 Å². The van der Waals surface area contributed by atoms with Crippen LogP contribution in [0.15, 0.2) is 59.5 Å². The summed E-state index contributed by atoms with van der Waals surface area (Å²) in [5.74, 6) is -0.0821. The molecule has 2 aromatic carbocycles. The molecule has 178 valence electrons. The van der Waals surface area contributed by atoms with Crippen molar-refractivity contribution in [3.8, 4) is 0 Å². The molecule has 2 aromatic heterocycles. The van der Waals surface area contributed by atoms with Crippen LogP contribution in [-0.4, -0.2) is 31.8 Å². The van der Waals surface area contributed by atoms with Crippen molar-refractivity contribution in [3.05, 3.63) is 81.9 Å². The Labute approximate surface area is 203 Å². The summed E-state index contributed by atoms with van der Waals surface area (Å²) < 4.78 is 2.77. The summed E-state index contributed by atoms with van der Waals surface area (Å²) in [5.41, 5.74) is 4.22. The Morgan fingerprint density at radius 2 is 1.89 bits per heavy atom. The summed E-state index contributed by atoms with van der Waals surface area (Å²) in [6.45, 7) is -0.276. The van der Waals surface area contributed by atoms with Crippen LogP contribution in [0.1, 0.15) is 16.7 Å². The molecule has 10 nitrogen and oxygen atoms in total. The van der Waals surface area contributed by atoms with E-state index in [1.165, 1.54) is 9.13 Å². The first-order chi connectivity index (χ1) is 17.4. The molecular formula is C26H20N6O4. The highest BCUT2D eigenvalue weighted by molar-refractivity contribution is 6.06. The van der Waals surface area contributed by atoms with Crippen molar-refractivity contribution in [3.63, 3.8) is 0 Å². The lowest BCUT2D eigenvalue weighted by Gasteiger charge is -2.20. The Hall–Kier alpha value is -4.73. The number of carbonyl (C=O) groups is 3. The predicted octanol–water partition coefficient (Wildman–Crippen LogP) is 1.78. The molecular weight excluding hydrogens is 460 g/mol. The number of imidazole rings is 1. The Kier molecular flexibility index (Phi) is 4.09. The number of hydrogen-bond acceptors (Lipinski definition) is 5. The van der Waals surface area contributed by atoms with Crippen molar-refractivity contribution < 1.29 is 14.4 Å². The number of anilines is 3. The van der Waals surface area contributed by atoms with Crippen LogP contribution in [-0.2, 0) is 45.7 Å². The molecule has 3 aliphatic rings. The standard InChI is InChI=1S/C26H20N6O4/c33-20(12-31-19-5-1-4-18-22(19)32(25(31)36)13-21(34)29-18)28-16-7-6-14-10-26(11-15(14)9-16)17-3-2-8-27-23(17)30-24(26)35/h1-9H,10-13H2,(H,28,33)(H,29,34)(H,27,30,35). The van der Waals surface area contributed by atoms with E-state index >= 15 is 0 Å². The minimum atomic E-state index is -0.681. The van der Waals surface area contributed by atoms with Crippen LogP contribution in [0.3, 0.4) is 0 Å². The summed E-state index contributed by atoms with van der Waals surface area (Å²) in [6, 6.07) is 14.7. The number of nitrogens with one attached hydrogen (secondary N) is 3. The molecule has 3 amide bonds. The third kappa shape index (κ3) is 2.81. The molecule has 36 heavy (non-hydrogen) atoms. The molecule has 10 heteroatoms. The minimum Gasteiger partial charge on any atom is -0.325 e. The summed E-state index contributed by atoms with van der Waals surface area (Å²) in [7, 11) is 0. The van der Waals surface area contributed by atoms with Gasteiger partial charge in [-0.15, -0.1) is 0 Å². The highest BCUT2D eigenvalue weighted by atomic mass is 16.2. The van der Waals surface area contributed by atoms with Gasteiger partial charge in [-0.3, -0.25) is 23.5 Å². The maximum atomic E-state index is 13.0. The second kappa shape index (κ2) is 7.14. The van der Waals surface area contributed by atoms with Gasteiger partial charge < -0.3 is 16.0 Å². The molecule has 1 spiro atoms.